The van der Waals surface area contributed by atoms with Gasteiger partial charge in [-0.15, -0.1) is 0 Å². The number of alkyl halides is 3. The molecule has 2 aliphatic rings. The van der Waals surface area contributed by atoms with Crippen molar-refractivity contribution < 1.29 is 27.6 Å². The van der Waals surface area contributed by atoms with Crippen LogP contribution < -0.4 is 5.32 Å². The van der Waals surface area contributed by atoms with Gasteiger partial charge in [0.15, 0.2) is 0 Å². The molecule has 1 aliphatic heterocycles. The first-order chi connectivity index (χ1) is 11.7. The summed E-state index contributed by atoms with van der Waals surface area (Å²) in [6.07, 6.45) is -2.99. The van der Waals surface area contributed by atoms with E-state index >= 15 is 0 Å². The average Bonchev–Trinajstić information content (AvgIpc) is 2.78. The number of carbonyl (C=O) groups is 3. The first-order valence-corrected chi connectivity index (χ1v) is 8.04. The van der Waals surface area contributed by atoms with Crippen molar-refractivity contribution in [3.8, 4) is 0 Å². The maximum absolute atomic E-state index is 13.1. The molecule has 5 nitrogen and oxygen atoms in total. The molecule has 0 saturated heterocycles. The summed E-state index contributed by atoms with van der Waals surface area (Å²) < 4.78 is 39.4. The molecular weight excluding hydrogens is 337 g/mol. The molecule has 0 unspecified atom stereocenters. The van der Waals surface area contributed by atoms with Gasteiger partial charge in [-0.1, -0.05) is 12.8 Å². The van der Waals surface area contributed by atoms with Crippen LogP contribution in [0, 0.1) is 5.92 Å². The zero-order valence-electron chi connectivity index (χ0n) is 13.5. The molecule has 3 rings (SSSR count). The lowest BCUT2D eigenvalue weighted by Gasteiger charge is -2.33. The van der Waals surface area contributed by atoms with E-state index in [2.05, 4.69) is 5.32 Å². The van der Waals surface area contributed by atoms with Crippen molar-refractivity contribution in [2.24, 2.45) is 5.92 Å². The molecule has 1 aliphatic carbocycles. The lowest BCUT2D eigenvalue weighted by Crippen LogP contribution is -2.47. The predicted molar refractivity (Wildman–Crippen MR) is 82.1 cm³/mol. The van der Waals surface area contributed by atoms with Crippen molar-refractivity contribution in [3.05, 3.63) is 34.9 Å². The van der Waals surface area contributed by atoms with Gasteiger partial charge in [-0.2, -0.15) is 13.2 Å². The van der Waals surface area contributed by atoms with Gasteiger partial charge in [-0.25, -0.2) is 0 Å². The van der Waals surface area contributed by atoms with E-state index in [1.54, 1.807) is 0 Å². The third-order valence-electron chi connectivity index (χ3n) is 4.85. The summed E-state index contributed by atoms with van der Waals surface area (Å²) in [5, 5.41) is 2.45. The SMILES string of the molecule is CN1C(=O)c2ccc(C(=O)N[C@@H]3CCCC[C@@H]3C(F)(F)F)cc2C1=O. The summed E-state index contributed by atoms with van der Waals surface area (Å²) in [5.41, 5.74) is 0.354. The minimum absolute atomic E-state index is 0.00355. The van der Waals surface area contributed by atoms with Crippen LogP contribution in [0.5, 0.6) is 0 Å². The molecule has 1 N–H and O–H groups in total. The highest BCUT2D eigenvalue weighted by Crippen LogP contribution is 2.37. The second-order valence-electron chi connectivity index (χ2n) is 6.44. The molecule has 1 aromatic rings. The van der Waals surface area contributed by atoms with E-state index in [-0.39, 0.29) is 29.5 Å². The van der Waals surface area contributed by atoms with E-state index in [4.69, 9.17) is 0 Å². The minimum Gasteiger partial charge on any atom is -0.349 e. The third kappa shape index (κ3) is 3.12. The van der Waals surface area contributed by atoms with Gasteiger partial charge in [0, 0.05) is 18.7 Å². The van der Waals surface area contributed by atoms with Crippen LogP contribution in [0.4, 0.5) is 13.2 Å². The fraction of sp³-hybridized carbons (Fsp3) is 0.471. The number of amides is 3. The maximum atomic E-state index is 13.1. The number of imide groups is 1. The van der Waals surface area contributed by atoms with E-state index < -0.39 is 35.9 Å². The molecule has 3 amide bonds. The minimum atomic E-state index is -4.36. The van der Waals surface area contributed by atoms with Crippen molar-refractivity contribution in [1.29, 1.82) is 0 Å². The van der Waals surface area contributed by atoms with Crippen molar-refractivity contribution >= 4 is 17.7 Å². The smallest absolute Gasteiger partial charge is 0.349 e. The van der Waals surface area contributed by atoms with Gasteiger partial charge in [0.2, 0.25) is 0 Å². The van der Waals surface area contributed by atoms with Gasteiger partial charge in [-0.3, -0.25) is 19.3 Å². The van der Waals surface area contributed by atoms with Crippen molar-refractivity contribution in [2.45, 2.75) is 37.9 Å². The first-order valence-electron chi connectivity index (χ1n) is 8.04. The Balaban J connectivity index is 1.80. The van der Waals surface area contributed by atoms with E-state index in [1.165, 1.54) is 25.2 Å². The van der Waals surface area contributed by atoms with Gasteiger partial charge in [0.1, 0.15) is 0 Å². The third-order valence-corrected chi connectivity index (χ3v) is 4.85. The standard InChI is InChI=1S/C17H17F3N2O3/c1-22-15(24)10-7-6-9(8-11(10)16(22)25)14(23)21-13-5-3-2-4-12(13)17(18,19)20/h6-8,12-13H,2-5H2,1H3,(H,21,23)/t12-,13+/m0/s1. The molecular formula is C17H17F3N2O3. The van der Waals surface area contributed by atoms with Gasteiger partial charge in [-0.05, 0) is 31.0 Å². The highest BCUT2D eigenvalue weighted by atomic mass is 19.4. The second-order valence-corrected chi connectivity index (χ2v) is 6.44. The Morgan fingerprint density at radius 1 is 1.12 bits per heavy atom. The number of fused-ring (bicyclic) bond motifs is 1. The van der Waals surface area contributed by atoms with Crippen LogP contribution in [0.15, 0.2) is 18.2 Å². The number of rotatable bonds is 2. The van der Waals surface area contributed by atoms with Crippen molar-refractivity contribution in [1.82, 2.24) is 10.2 Å². The molecule has 2 atom stereocenters. The van der Waals surface area contributed by atoms with Crippen LogP contribution in [0.1, 0.15) is 56.8 Å². The van der Waals surface area contributed by atoms with Crippen molar-refractivity contribution in [2.75, 3.05) is 7.05 Å². The Hall–Kier alpha value is -2.38. The van der Waals surface area contributed by atoms with E-state index in [0.717, 1.165) is 4.90 Å². The highest BCUT2D eigenvalue weighted by molar-refractivity contribution is 6.21. The monoisotopic (exact) mass is 354 g/mol. The molecule has 0 aromatic heterocycles. The normalized spacial score (nSPS) is 23.6. The number of carbonyl (C=O) groups excluding carboxylic acids is 3. The Morgan fingerprint density at radius 2 is 1.76 bits per heavy atom. The molecule has 0 spiro atoms. The van der Waals surface area contributed by atoms with Gasteiger partial charge in [0.05, 0.1) is 17.0 Å². The molecule has 25 heavy (non-hydrogen) atoms. The average molecular weight is 354 g/mol. The zero-order chi connectivity index (χ0) is 18.4. The number of halogens is 3. The molecule has 0 radical (unpaired) electrons. The summed E-state index contributed by atoms with van der Waals surface area (Å²) in [6.45, 7) is 0. The topological polar surface area (TPSA) is 66.5 Å². The van der Waals surface area contributed by atoms with Gasteiger partial charge in [0.25, 0.3) is 17.7 Å². The first kappa shape index (κ1) is 17.4. The number of hydrogen-bond acceptors (Lipinski definition) is 3. The second kappa shape index (κ2) is 6.16. The maximum Gasteiger partial charge on any atom is 0.393 e. The Labute approximate surface area is 142 Å². The lowest BCUT2D eigenvalue weighted by atomic mass is 9.84. The summed E-state index contributed by atoms with van der Waals surface area (Å²) in [5.74, 6) is -3.22. The Morgan fingerprint density at radius 3 is 2.44 bits per heavy atom. The van der Waals surface area contributed by atoms with Crippen LogP contribution >= 0.6 is 0 Å². The highest BCUT2D eigenvalue weighted by Gasteiger charge is 2.46. The molecule has 134 valence electrons. The number of nitrogens with zero attached hydrogens (tertiary/aromatic N) is 1. The number of benzene rings is 1. The van der Waals surface area contributed by atoms with Crippen LogP contribution in [0.25, 0.3) is 0 Å². The number of hydrogen-bond donors (Lipinski definition) is 1. The van der Waals surface area contributed by atoms with E-state index in [1.807, 2.05) is 0 Å². The molecule has 1 fully saturated rings. The Kier molecular flexibility index (Phi) is 4.30. The molecule has 0 bridgehead atoms. The number of nitrogens with one attached hydrogen (secondary N) is 1. The predicted octanol–water partition coefficient (Wildman–Crippen LogP) is 2.76. The van der Waals surface area contributed by atoms with Gasteiger partial charge < -0.3 is 5.32 Å². The van der Waals surface area contributed by atoms with Gasteiger partial charge >= 0.3 is 6.18 Å². The van der Waals surface area contributed by atoms with Crippen molar-refractivity contribution in [3.63, 3.8) is 0 Å². The molecule has 1 saturated carbocycles. The Bertz CT molecular complexity index is 745. The van der Waals surface area contributed by atoms with E-state index in [0.29, 0.717) is 12.8 Å². The van der Waals surface area contributed by atoms with Crippen LogP contribution in [0.3, 0.4) is 0 Å². The summed E-state index contributed by atoms with van der Waals surface area (Å²) in [4.78, 5) is 37.1. The quantitative estimate of drug-likeness (QED) is 0.831. The summed E-state index contributed by atoms with van der Waals surface area (Å²) in [7, 11) is 1.33. The molecule has 1 aromatic carbocycles. The fourth-order valence-electron chi connectivity index (χ4n) is 3.45. The van der Waals surface area contributed by atoms with Crippen LogP contribution in [-0.2, 0) is 0 Å². The molecule has 1 heterocycles. The largest absolute Gasteiger partial charge is 0.393 e. The van der Waals surface area contributed by atoms with Crippen LogP contribution in [-0.4, -0.2) is 41.9 Å². The lowest BCUT2D eigenvalue weighted by molar-refractivity contribution is -0.187. The summed E-state index contributed by atoms with van der Waals surface area (Å²) >= 11 is 0. The summed E-state index contributed by atoms with van der Waals surface area (Å²) in [6, 6.07) is 2.99. The fourth-order valence-corrected chi connectivity index (χ4v) is 3.45. The zero-order valence-corrected chi connectivity index (χ0v) is 13.5. The molecule has 8 heteroatoms. The van der Waals surface area contributed by atoms with E-state index in [9.17, 15) is 27.6 Å². The van der Waals surface area contributed by atoms with Crippen LogP contribution in [0.2, 0.25) is 0 Å².